The summed E-state index contributed by atoms with van der Waals surface area (Å²) >= 11 is 0. The molecule has 1 amide bonds. The quantitative estimate of drug-likeness (QED) is 0.816. The number of rotatable bonds is 6. The third kappa shape index (κ3) is 4.58. The van der Waals surface area contributed by atoms with Crippen LogP contribution in [0.5, 0.6) is 0 Å². The summed E-state index contributed by atoms with van der Waals surface area (Å²) in [5.74, 6) is -0.188. The molecule has 1 aromatic carbocycles. The van der Waals surface area contributed by atoms with Crippen LogP contribution in [0.4, 0.5) is 0 Å². The molecule has 1 atom stereocenters. The van der Waals surface area contributed by atoms with Gasteiger partial charge in [0.1, 0.15) is 0 Å². The molecule has 1 aromatic rings. The Kier molecular flexibility index (Phi) is 6.34. The van der Waals surface area contributed by atoms with Crippen LogP contribution in [0.15, 0.2) is 24.3 Å². The number of benzene rings is 1. The second-order valence-electron chi connectivity index (χ2n) is 8.59. The van der Waals surface area contributed by atoms with Crippen LogP contribution in [0.1, 0.15) is 56.6 Å². The van der Waals surface area contributed by atoms with Crippen molar-refractivity contribution in [2.24, 2.45) is 0 Å². The van der Waals surface area contributed by atoms with Crippen molar-refractivity contribution in [1.29, 1.82) is 0 Å². The summed E-state index contributed by atoms with van der Waals surface area (Å²) in [6.45, 7) is 5.09. The summed E-state index contributed by atoms with van der Waals surface area (Å²) in [7, 11) is 0. The van der Waals surface area contributed by atoms with Crippen molar-refractivity contribution in [2.45, 2.75) is 76.2 Å². The first-order valence-corrected chi connectivity index (χ1v) is 11.1. The van der Waals surface area contributed by atoms with Gasteiger partial charge in [0.25, 0.3) is 0 Å². The maximum Gasteiger partial charge on any atom is 0.234 e. The van der Waals surface area contributed by atoms with E-state index in [2.05, 4.69) is 41.4 Å². The van der Waals surface area contributed by atoms with Gasteiger partial charge in [-0.1, -0.05) is 31.2 Å². The number of aryl methyl sites for hydroxylation is 1. The molecular weight excluding hydrogens is 352 g/mol. The Morgan fingerprint density at radius 1 is 1.14 bits per heavy atom. The van der Waals surface area contributed by atoms with Gasteiger partial charge in [0.15, 0.2) is 5.79 Å². The number of hydrogen-bond acceptors (Lipinski definition) is 4. The molecule has 0 unspecified atom stereocenters. The molecule has 1 saturated carbocycles. The van der Waals surface area contributed by atoms with Gasteiger partial charge in [0.05, 0.1) is 19.8 Å². The van der Waals surface area contributed by atoms with Crippen molar-refractivity contribution < 1.29 is 14.3 Å². The maximum absolute atomic E-state index is 12.8. The Labute approximate surface area is 168 Å². The highest BCUT2D eigenvalue weighted by molar-refractivity contribution is 5.78. The summed E-state index contributed by atoms with van der Waals surface area (Å²) in [4.78, 5) is 15.2. The molecule has 2 aliphatic carbocycles. The predicted molar refractivity (Wildman–Crippen MR) is 109 cm³/mol. The van der Waals surface area contributed by atoms with E-state index in [0.717, 1.165) is 57.9 Å². The molecule has 4 rings (SSSR count). The molecule has 1 saturated heterocycles. The molecule has 28 heavy (non-hydrogen) atoms. The second-order valence-corrected chi connectivity index (χ2v) is 8.59. The topological polar surface area (TPSA) is 50.8 Å². The molecule has 154 valence electrons. The van der Waals surface area contributed by atoms with Gasteiger partial charge in [-0.15, -0.1) is 0 Å². The van der Waals surface area contributed by atoms with E-state index in [1.807, 2.05) is 0 Å². The first kappa shape index (κ1) is 19.9. The number of ether oxygens (including phenoxy) is 2. The highest BCUT2D eigenvalue weighted by Crippen LogP contribution is 2.35. The molecule has 5 nitrogen and oxygen atoms in total. The number of hydrogen-bond donors (Lipinski definition) is 1. The fraction of sp³-hybridized carbons (Fsp3) is 0.696. The average Bonchev–Trinajstić information content (AvgIpc) is 3.17. The first-order valence-electron chi connectivity index (χ1n) is 11.1. The van der Waals surface area contributed by atoms with Gasteiger partial charge in [-0.2, -0.15) is 0 Å². The van der Waals surface area contributed by atoms with Crippen LogP contribution in [0.2, 0.25) is 0 Å². The third-order valence-corrected chi connectivity index (χ3v) is 6.62. The highest BCUT2D eigenvalue weighted by atomic mass is 16.7. The van der Waals surface area contributed by atoms with Crippen LogP contribution in [-0.2, 0) is 27.1 Å². The van der Waals surface area contributed by atoms with Gasteiger partial charge in [0.2, 0.25) is 5.91 Å². The highest BCUT2D eigenvalue weighted by Gasteiger charge is 2.40. The van der Waals surface area contributed by atoms with E-state index in [1.165, 1.54) is 11.1 Å². The number of fused-ring (bicyclic) bond motifs is 1. The van der Waals surface area contributed by atoms with Crippen molar-refractivity contribution in [3.63, 3.8) is 0 Å². The molecule has 2 fully saturated rings. The number of amides is 1. The first-order chi connectivity index (χ1) is 13.7. The van der Waals surface area contributed by atoms with E-state index in [0.29, 0.717) is 25.8 Å². The minimum Gasteiger partial charge on any atom is -0.352 e. The smallest absolute Gasteiger partial charge is 0.234 e. The summed E-state index contributed by atoms with van der Waals surface area (Å²) < 4.78 is 11.6. The SMILES string of the molecule is CCCN(CC(=O)NC1CCC2(CC1)OCCO2)[C@H]1CCc2ccccc2C1. The minimum atomic E-state index is -0.356. The predicted octanol–water partition coefficient (Wildman–Crippen LogP) is 3.06. The van der Waals surface area contributed by atoms with E-state index in [-0.39, 0.29) is 17.7 Å². The molecule has 1 heterocycles. The van der Waals surface area contributed by atoms with Crippen molar-refractivity contribution >= 4 is 5.91 Å². The molecule has 1 N–H and O–H groups in total. The third-order valence-electron chi connectivity index (χ3n) is 6.62. The number of carbonyl (C=O) groups is 1. The van der Waals surface area contributed by atoms with Crippen LogP contribution < -0.4 is 5.32 Å². The lowest BCUT2D eigenvalue weighted by molar-refractivity contribution is -0.180. The zero-order chi connectivity index (χ0) is 19.4. The standard InChI is InChI=1S/C23H34N2O3/c1-2-13-25(21-8-7-18-5-3-4-6-19(18)16-21)17-22(26)24-20-9-11-23(12-10-20)27-14-15-28-23/h3-6,20-21H,2,7-17H2,1H3,(H,24,26)/t21-/m0/s1. The number of nitrogens with zero attached hydrogens (tertiary/aromatic N) is 1. The second kappa shape index (κ2) is 8.93. The van der Waals surface area contributed by atoms with Gasteiger partial charge < -0.3 is 14.8 Å². The Morgan fingerprint density at radius 2 is 1.86 bits per heavy atom. The lowest BCUT2D eigenvalue weighted by Crippen LogP contribution is -2.49. The Morgan fingerprint density at radius 3 is 2.57 bits per heavy atom. The molecule has 1 aliphatic heterocycles. The molecule has 0 bridgehead atoms. The van der Waals surface area contributed by atoms with Crippen molar-refractivity contribution in [1.82, 2.24) is 10.2 Å². The fourth-order valence-electron chi connectivity index (χ4n) is 5.11. The molecular formula is C23H34N2O3. The number of nitrogens with one attached hydrogen (secondary N) is 1. The summed E-state index contributed by atoms with van der Waals surface area (Å²) in [6.07, 6.45) is 8.05. The van der Waals surface area contributed by atoms with E-state index < -0.39 is 0 Å². The van der Waals surface area contributed by atoms with E-state index >= 15 is 0 Å². The minimum absolute atomic E-state index is 0.168. The number of carbonyl (C=O) groups excluding carboxylic acids is 1. The Hall–Kier alpha value is -1.43. The van der Waals surface area contributed by atoms with E-state index in [9.17, 15) is 4.79 Å². The summed E-state index contributed by atoms with van der Waals surface area (Å²) in [6, 6.07) is 9.47. The zero-order valence-corrected chi connectivity index (χ0v) is 17.1. The fourth-order valence-corrected chi connectivity index (χ4v) is 5.11. The van der Waals surface area contributed by atoms with Gasteiger partial charge in [0, 0.05) is 24.9 Å². The summed E-state index contributed by atoms with van der Waals surface area (Å²) in [5, 5.41) is 3.28. The Bertz CT molecular complexity index is 662. The largest absolute Gasteiger partial charge is 0.352 e. The van der Waals surface area contributed by atoms with Crippen LogP contribution in [0, 0.1) is 0 Å². The van der Waals surface area contributed by atoms with Gasteiger partial charge in [-0.05, 0) is 56.2 Å². The van der Waals surface area contributed by atoms with Crippen LogP contribution in [0.25, 0.3) is 0 Å². The molecule has 3 aliphatic rings. The van der Waals surface area contributed by atoms with Crippen molar-refractivity contribution in [3.05, 3.63) is 35.4 Å². The lowest BCUT2D eigenvalue weighted by atomic mass is 9.87. The van der Waals surface area contributed by atoms with Crippen molar-refractivity contribution in [3.8, 4) is 0 Å². The molecule has 5 heteroatoms. The Balaban J connectivity index is 1.29. The lowest BCUT2D eigenvalue weighted by Gasteiger charge is -2.37. The molecule has 1 spiro atoms. The van der Waals surface area contributed by atoms with Gasteiger partial charge >= 0.3 is 0 Å². The van der Waals surface area contributed by atoms with Gasteiger partial charge in [-0.25, -0.2) is 0 Å². The van der Waals surface area contributed by atoms with E-state index in [1.54, 1.807) is 0 Å². The van der Waals surface area contributed by atoms with Gasteiger partial charge in [-0.3, -0.25) is 9.69 Å². The van der Waals surface area contributed by atoms with E-state index in [4.69, 9.17) is 9.47 Å². The molecule has 0 aromatic heterocycles. The van der Waals surface area contributed by atoms with Crippen LogP contribution in [-0.4, -0.2) is 55.0 Å². The molecule has 0 radical (unpaired) electrons. The normalized spacial score (nSPS) is 24.4. The van der Waals surface area contributed by atoms with Crippen molar-refractivity contribution in [2.75, 3.05) is 26.3 Å². The average molecular weight is 387 g/mol. The summed E-state index contributed by atoms with van der Waals surface area (Å²) in [5.41, 5.74) is 2.93. The maximum atomic E-state index is 12.8. The van der Waals surface area contributed by atoms with Crippen LogP contribution in [0.3, 0.4) is 0 Å². The monoisotopic (exact) mass is 386 g/mol. The van der Waals surface area contributed by atoms with Crippen LogP contribution >= 0.6 is 0 Å². The zero-order valence-electron chi connectivity index (χ0n) is 17.1.